The topological polar surface area (TPSA) is 38.9 Å². The lowest BCUT2D eigenvalue weighted by atomic mass is 9.92. The van der Waals surface area contributed by atoms with E-state index in [9.17, 15) is 0 Å². The Morgan fingerprint density at radius 2 is 2.00 bits per heavy atom. The molecule has 0 unspecified atom stereocenters. The zero-order chi connectivity index (χ0) is 9.64. The summed E-state index contributed by atoms with van der Waals surface area (Å²) in [6, 6.07) is 0. The van der Waals surface area contributed by atoms with Gasteiger partial charge in [0.1, 0.15) is 5.00 Å². The number of nitrogens with two attached hydrogens (primary N) is 1. The summed E-state index contributed by atoms with van der Waals surface area (Å²) in [5.41, 5.74) is 7.12. The summed E-state index contributed by atoms with van der Waals surface area (Å²) in [4.78, 5) is 4.64. The van der Waals surface area contributed by atoms with E-state index in [1.165, 1.54) is 17.8 Å². The average molecular weight is 196 g/mol. The van der Waals surface area contributed by atoms with Gasteiger partial charge in [-0.05, 0) is 12.8 Å². The van der Waals surface area contributed by atoms with Crippen molar-refractivity contribution in [1.82, 2.24) is 4.98 Å². The number of hydrogen-bond donors (Lipinski definition) is 1. The molecular weight excluding hydrogens is 180 g/mol. The van der Waals surface area contributed by atoms with Crippen molar-refractivity contribution in [1.29, 1.82) is 0 Å². The van der Waals surface area contributed by atoms with E-state index in [1.54, 1.807) is 11.3 Å². The molecule has 13 heavy (non-hydrogen) atoms. The third-order valence-corrected chi connectivity index (χ3v) is 3.35. The number of rotatable bonds is 1. The average Bonchev–Trinajstić information content (AvgIpc) is 2.73. The van der Waals surface area contributed by atoms with Crippen LogP contribution in [0.25, 0.3) is 0 Å². The Kier molecular flexibility index (Phi) is 1.88. The van der Waals surface area contributed by atoms with Gasteiger partial charge in [-0.3, -0.25) is 0 Å². The predicted octanol–water partition coefficient (Wildman–Crippen LogP) is 2.90. The van der Waals surface area contributed by atoms with Crippen LogP contribution in [-0.2, 0) is 5.41 Å². The Bertz CT molecular complexity index is 318. The van der Waals surface area contributed by atoms with Crippen LogP contribution in [0.1, 0.15) is 50.2 Å². The van der Waals surface area contributed by atoms with Gasteiger partial charge in [-0.1, -0.05) is 20.8 Å². The van der Waals surface area contributed by atoms with Crippen LogP contribution < -0.4 is 5.73 Å². The molecular formula is C10H16N2S. The van der Waals surface area contributed by atoms with Crippen molar-refractivity contribution in [2.45, 2.75) is 44.9 Å². The van der Waals surface area contributed by atoms with Crippen LogP contribution in [0, 0.1) is 0 Å². The Morgan fingerprint density at radius 3 is 2.38 bits per heavy atom. The van der Waals surface area contributed by atoms with Crippen LogP contribution in [0.2, 0.25) is 0 Å². The molecule has 0 aliphatic heterocycles. The summed E-state index contributed by atoms with van der Waals surface area (Å²) in [5.74, 6) is 0.725. The third-order valence-electron chi connectivity index (χ3n) is 2.31. The van der Waals surface area contributed by atoms with Crippen molar-refractivity contribution >= 4 is 16.3 Å². The monoisotopic (exact) mass is 196 g/mol. The molecule has 1 aliphatic rings. The maximum atomic E-state index is 5.95. The maximum absolute atomic E-state index is 5.95. The van der Waals surface area contributed by atoms with Crippen LogP contribution in [-0.4, -0.2) is 4.98 Å². The fraction of sp³-hybridized carbons (Fsp3) is 0.700. The van der Waals surface area contributed by atoms with Crippen molar-refractivity contribution in [3.8, 4) is 0 Å². The molecule has 1 heterocycles. The zero-order valence-electron chi connectivity index (χ0n) is 8.42. The first-order valence-electron chi connectivity index (χ1n) is 4.75. The van der Waals surface area contributed by atoms with Crippen molar-refractivity contribution in [2.75, 3.05) is 5.73 Å². The van der Waals surface area contributed by atoms with Crippen LogP contribution in [0.15, 0.2) is 0 Å². The fourth-order valence-corrected chi connectivity index (χ4v) is 2.60. The van der Waals surface area contributed by atoms with E-state index in [1.807, 2.05) is 0 Å². The van der Waals surface area contributed by atoms with Crippen molar-refractivity contribution in [3.63, 3.8) is 0 Å². The fourth-order valence-electron chi connectivity index (χ4n) is 1.39. The molecule has 0 saturated heterocycles. The van der Waals surface area contributed by atoms with Crippen LogP contribution in [0.3, 0.4) is 0 Å². The van der Waals surface area contributed by atoms with Gasteiger partial charge in [0.25, 0.3) is 0 Å². The van der Waals surface area contributed by atoms with Crippen molar-refractivity contribution in [2.24, 2.45) is 0 Å². The highest BCUT2D eigenvalue weighted by molar-refractivity contribution is 7.15. The lowest BCUT2D eigenvalue weighted by Gasteiger charge is -2.15. The molecule has 1 aromatic heterocycles. The molecule has 2 N–H and O–H groups in total. The first-order valence-corrected chi connectivity index (χ1v) is 5.57. The largest absolute Gasteiger partial charge is 0.389 e. The molecule has 0 spiro atoms. The Balaban J connectivity index is 2.35. The first kappa shape index (κ1) is 9.00. The lowest BCUT2D eigenvalue weighted by molar-refractivity contribution is 0.573. The van der Waals surface area contributed by atoms with Gasteiger partial charge in [0.2, 0.25) is 0 Å². The summed E-state index contributed by atoms with van der Waals surface area (Å²) in [6.45, 7) is 6.49. The number of hydrogen-bond acceptors (Lipinski definition) is 3. The van der Waals surface area contributed by atoms with Gasteiger partial charge in [-0.2, -0.15) is 0 Å². The first-order chi connectivity index (χ1) is 5.98. The Hall–Kier alpha value is -0.570. The summed E-state index contributed by atoms with van der Waals surface area (Å²) in [5, 5.41) is 2.16. The maximum Gasteiger partial charge on any atom is 0.110 e. The SMILES string of the molecule is CC(C)(C)c1nc(C2CC2)sc1N. The molecule has 0 amide bonds. The highest BCUT2D eigenvalue weighted by Gasteiger charge is 2.30. The number of thiazole rings is 1. The van der Waals surface area contributed by atoms with Crippen LogP contribution in [0.5, 0.6) is 0 Å². The van der Waals surface area contributed by atoms with E-state index in [0.717, 1.165) is 16.6 Å². The van der Waals surface area contributed by atoms with Gasteiger partial charge < -0.3 is 5.73 Å². The quantitative estimate of drug-likeness (QED) is 0.750. The molecule has 0 atom stereocenters. The second-order valence-electron chi connectivity index (χ2n) is 4.79. The van der Waals surface area contributed by atoms with E-state index in [4.69, 9.17) is 5.73 Å². The zero-order valence-corrected chi connectivity index (χ0v) is 9.24. The molecule has 1 saturated carbocycles. The number of aromatic nitrogens is 1. The summed E-state index contributed by atoms with van der Waals surface area (Å²) < 4.78 is 0. The Labute approximate surface area is 83.2 Å². The summed E-state index contributed by atoms with van der Waals surface area (Å²) in [6.07, 6.45) is 2.60. The highest BCUT2D eigenvalue weighted by Crippen LogP contribution is 2.44. The predicted molar refractivity (Wildman–Crippen MR) is 57.2 cm³/mol. The number of nitrogens with zero attached hydrogens (tertiary/aromatic N) is 1. The summed E-state index contributed by atoms with van der Waals surface area (Å²) >= 11 is 1.68. The smallest absolute Gasteiger partial charge is 0.110 e. The van der Waals surface area contributed by atoms with Gasteiger partial charge in [-0.15, -0.1) is 11.3 Å². The molecule has 1 fully saturated rings. The Morgan fingerprint density at radius 1 is 1.38 bits per heavy atom. The molecule has 0 radical (unpaired) electrons. The second kappa shape index (κ2) is 2.71. The molecule has 0 aromatic carbocycles. The van der Waals surface area contributed by atoms with Crippen molar-refractivity contribution < 1.29 is 0 Å². The van der Waals surface area contributed by atoms with Crippen molar-refractivity contribution in [3.05, 3.63) is 10.7 Å². The standard InChI is InChI=1S/C10H16N2S/c1-10(2,3)7-8(11)13-9(12-7)6-4-5-6/h6H,4-5,11H2,1-3H3. The van der Waals surface area contributed by atoms with Gasteiger partial charge >= 0.3 is 0 Å². The van der Waals surface area contributed by atoms with Gasteiger partial charge in [0.15, 0.2) is 0 Å². The normalized spacial score (nSPS) is 17.8. The molecule has 2 rings (SSSR count). The summed E-state index contributed by atoms with van der Waals surface area (Å²) in [7, 11) is 0. The van der Waals surface area contributed by atoms with Crippen LogP contribution in [0.4, 0.5) is 5.00 Å². The number of anilines is 1. The van der Waals surface area contributed by atoms with E-state index in [-0.39, 0.29) is 5.41 Å². The lowest BCUT2D eigenvalue weighted by Crippen LogP contribution is -2.13. The highest BCUT2D eigenvalue weighted by atomic mass is 32.1. The van der Waals surface area contributed by atoms with E-state index in [0.29, 0.717) is 0 Å². The molecule has 72 valence electrons. The van der Waals surface area contributed by atoms with Gasteiger partial charge in [0.05, 0.1) is 10.7 Å². The van der Waals surface area contributed by atoms with E-state index in [2.05, 4.69) is 25.8 Å². The van der Waals surface area contributed by atoms with Crippen LogP contribution >= 0.6 is 11.3 Å². The molecule has 2 nitrogen and oxygen atoms in total. The van der Waals surface area contributed by atoms with Gasteiger partial charge in [0, 0.05) is 11.3 Å². The van der Waals surface area contributed by atoms with E-state index >= 15 is 0 Å². The molecule has 0 bridgehead atoms. The minimum absolute atomic E-state index is 0.0910. The van der Waals surface area contributed by atoms with Gasteiger partial charge in [-0.25, -0.2) is 4.98 Å². The molecule has 1 aliphatic carbocycles. The second-order valence-corrected chi connectivity index (χ2v) is 5.85. The third kappa shape index (κ3) is 1.70. The molecule has 3 heteroatoms. The minimum Gasteiger partial charge on any atom is -0.389 e. The molecule has 1 aromatic rings. The minimum atomic E-state index is 0.0910. The van der Waals surface area contributed by atoms with E-state index < -0.39 is 0 Å². The number of nitrogen functional groups attached to an aromatic ring is 1.